The summed E-state index contributed by atoms with van der Waals surface area (Å²) in [6, 6.07) is 7.69. The Morgan fingerprint density at radius 2 is 2.05 bits per heavy atom. The maximum Gasteiger partial charge on any atom is 0.231 e. The second-order valence-corrected chi connectivity index (χ2v) is 5.74. The Bertz CT molecular complexity index is 663. The average molecular weight is 320 g/mol. The first kappa shape index (κ1) is 14.9. The van der Waals surface area contributed by atoms with Gasteiger partial charge in [-0.3, -0.25) is 14.3 Å². The monoisotopic (exact) mass is 319 g/mol. The molecule has 2 aromatic rings. The van der Waals surface area contributed by atoms with Crippen LogP contribution in [0.4, 0.5) is 5.95 Å². The minimum Gasteiger partial charge on any atom is -0.369 e. The van der Waals surface area contributed by atoms with Gasteiger partial charge in [0.15, 0.2) is 0 Å². The molecule has 0 spiro atoms. The second kappa shape index (κ2) is 6.37. The zero-order valence-corrected chi connectivity index (χ0v) is 12.9. The maximum atomic E-state index is 11.0. The molecule has 1 aromatic heterocycles. The van der Waals surface area contributed by atoms with Crippen LogP contribution in [0.1, 0.15) is 0 Å². The lowest BCUT2D eigenvalue weighted by molar-refractivity contribution is -0.119. The van der Waals surface area contributed by atoms with E-state index >= 15 is 0 Å². The highest BCUT2D eigenvalue weighted by atomic mass is 35.5. The molecule has 2 heterocycles. The number of anilines is 1. The first-order chi connectivity index (χ1) is 10.6. The van der Waals surface area contributed by atoms with Gasteiger partial charge >= 0.3 is 0 Å². The molecule has 1 saturated heterocycles. The molecule has 6 nitrogen and oxygen atoms in total. The Kier molecular flexibility index (Phi) is 4.31. The number of nitrogens with two attached hydrogens (primary N) is 1. The lowest BCUT2D eigenvalue weighted by atomic mass is 10.3. The first-order valence-electron chi connectivity index (χ1n) is 7.18. The molecule has 3 rings (SSSR count). The van der Waals surface area contributed by atoms with Crippen molar-refractivity contribution in [2.45, 2.75) is 0 Å². The lowest BCUT2D eigenvalue weighted by Crippen LogP contribution is -2.49. The minimum absolute atomic E-state index is 0.283. The van der Waals surface area contributed by atoms with Gasteiger partial charge in [-0.05, 0) is 18.2 Å². The zero-order chi connectivity index (χ0) is 15.5. The third-order valence-corrected chi connectivity index (χ3v) is 3.98. The van der Waals surface area contributed by atoms with Crippen molar-refractivity contribution >= 4 is 23.5 Å². The highest BCUT2D eigenvalue weighted by Gasteiger charge is 2.21. The molecule has 0 atom stereocenters. The smallest absolute Gasteiger partial charge is 0.231 e. The fourth-order valence-electron chi connectivity index (χ4n) is 2.68. The summed E-state index contributed by atoms with van der Waals surface area (Å²) in [5, 5.41) is 0.698. The maximum absolute atomic E-state index is 11.0. The van der Waals surface area contributed by atoms with Crippen molar-refractivity contribution in [2.75, 3.05) is 37.6 Å². The van der Waals surface area contributed by atoms with Crippen molar-refractivity contribution in [1.82, 2.24) is 14.5 Å². The van der Waals surface area contributed by atoms with Crippen LogP contribution >= 0.6 is 11.6 Å². The SMILES string of the molecule is NC(=O)CN1CCN(c2nccn2-c2cccc(Cl)c2)CC1. The van der Waals surface area contributed by atoms with Crippen LogP contribution < -0.4 is 10.6 Å². The summed E-state index contributed by atoms with van der Waals surface area (Å²) in [5.74, 6) is 0.606. The normalized spacial score (nSPS) is 16.0. The van der Waals surface area contributed by atoms with E-state index < -0.39 is 0 Å². The van der Waals surface area contributed by atoms with E-state index in [1.165, 1.54) is 0 Å². The van der Waals surface area contributed by atoms with Crippen LogP contribution in [0.25, 0.3) is 5.69 Å². The van der Waals surface area contributed by atoms with Crippen molar-refractivity contribution in [3.05, 3.63) is 41.7 Å². The number of primary amides is 1. The van der Waals surface area contributed by atoms with Gasteiger partial charge in [-0.15, -0.1) is 0 Å². The molecule has 1 aromatic carbocycles. The van der Waals surface area contributed by atoms with E-state index in [0.717, 1.165) is 37.8 Å². The van der Waals surface area contributed by atoms with E-state index in [2.05, 4.69) is 14.8 Å². The Balaban J connectivity index is 1.75. The molecular weight excluding hydrogens is 302 g/mol. The van der Waals surface area contributed by atoms with Crippen LogP contribution in [0.2, 0.25) is 5.02 Å². The number of benzene rings is 1. The molecule has 7 heteroatoms. The summed E-state index contributed by atoms with van der Waals surface area (Å²) < 4.78 is 2.02. The Labute approximate surface area is 134 Å². The van der Waals surface area contributed by atoms with Gasteiger partial charge in [-0.1, -0.05) is 17.7 Å². The van der Waals surface area contributed by atoms with Crippen molar-refractivity contribution in [1.29, 1.82) is 0 Å². The number of nitrogens with zero attached hydrogens (tertiary/aromatic N) is 4. The number of amides is 1. The molecule has 2 N–H and O–H groups in total. The van der Waals surface area contributed by atoms with Gasteiger partial charge in [0.2, 0.25) is 11.9 Å². The Morgan fingerprint density at radius 3 is 2.73 bits per heavy atom. The van der Waals surface area contributed by atoms with E-state index in [0.29, 0.717) is 11.6 Å². The Morgan fingerprint density at radius 1 is 1.27 bits per heavy atom. The quantitative estimate of drug-likeness (QED) is 0.917. The van der Waals surface area contributed by atoms with Gasteiger partial charge in [-0.25, -0.2) is 4.98 Å². The Hall–Kier alpha value is -2.05. The minimum atomic E-state index is -0.283. The van der Waals surface area contributed by atoms with Crippen LogP contribution in [0, 0.1) is 0 Å². The molecule has 22 heavy (non-hydrogen) atoms. The second-order valence-electron chi connectivity index (χ2n) is 5.31. The molecule has 1 amide bonds. The molecule has 0 radical (unpaired) electrons. The largest absolute Gasteiger partial charge is 0.369 e. The van der Waals surface area contributed by atoms with E-state index in [9.17, 15) is 4.79 Å². The van der Waals surface area contributed by atoms with E-state index in [1.54, 1.807) is 6.20 Å². The third-order valence-electron chi connectivity index (χ3n) is 3.74. The third kappa shape index (κ3) is 3.23. The summed E-state index contributed by atoms with van der Waals surface area (Å²) in [5.41, 5.74) is 6.23. The standard InChI is InChI=1S/C15H18ClN5O/c16-12-2-1-3-13(10-12)21-5-4-18-15(21)20-8-6-19(7-9-20)11-14(17)22/h1-5,10H,6-9,11H2,(H2,17,22). The molecule has 116 valence electrons. The topological polar surface area (TPSA) is 67.4 Å². The van der Waals surface area contributed by atoms with Gasteiger partial charge in [0, 0.05) is 49.3 Å². The molecule has 1 aliphatic heterocycles. The number of piperazine rings is 1. The number of carbonyl (C=O) groups excluding carboxylic acids is 1. The average Bonchev–Trinajstić information content (AvgIpc) is 2.97. The zero-order valence-electron chi connectivity index (χ0n) is 12.2. The predicted molar refractivity (Wildman–Crippen MR) is 86.4 cm³/mol. The van der Waals surface area contributed by atoms with Crippen molar-refractivity contribution in [3.63, 3.8) is 0 Å². The van der Waals surface area contributed by atoms with Gasteiger partial charge in [0.05, 0.1) is 6.54 Å². The summed E-state index contributed by atoms with van der Waals surface area (Å²) in [4.78, 5) is 19.7. The van der Waals surface area contributed by atoms with Gasteiger partial charge in [0.1, 0.15) is 0 Å². The molecule has 1 fully saturated rings. The number of imidazole rings is 1. The fraction of sp³-hybridized carbons (Fsp3) is 0.333. The fourth-order valence-corrected chi connectivity index (χ4v) is 2.87. The van der Waals surface area contributed by atoms with Crippen LogP contribution in [0.5, 0.6) is 0 Å². The van der Waals surface area contributed by atoms with E-state index in [1.807, 2.05) is 35.0 Å². The molecule has 0 saturated carbocycles. The van der Waals surface area contributed by atoms with Gasteiger partial charge < -0.3 is 10.6 Å². The number of aromatic nitrogens is 2. The van der Waals surface area contributed by atoms with Crippen molar-refractivity contribution in [2.24, 2.45) is 5.73 Å². The molecular formula is C15H18ClN5O. The van der Waals surface area contributed by atoms with Crippen LogP contribution in [-0.4, -0.2) is 53.1 Å². The molecule has 0 aliphatic carbocycles. The first-order valence-corrected chi connectivity index (χ1v) is 7.56. The molecule has 0 unspecified atom stereocenters. The van der Waals surface area contributed by atoms with E-state index in [-0.39, 0.29) is 5.91 Å². The van der Waals surface area contributed by atoms with Crippen LogP contribution in [0.3, 0.4) is 0 Å². The number of hydrogen-bond donors (Lipinski definition) is 1. The number of hydrogen-bond acceptors (Lipinski definition) is 4. The lowest BCUT2D eigenvalue weighted by Gasteiger charge is -2.34. The summed E-state index contributed by atoms with van der Waals surface area (Å²) in [6.45, 7) is 3.53. The number of rotatable bonds is 4. The summed E-state index contributed by atoms with van der Waals surface area (Å²) in [6.07, 6.45) is 3.71. The summed E-state index contributed by atoms with van der Waals surface area (Å²) in [7, 11) is 0. The van der Waals surface area contributed by atoms with Crippen LogP contribution in [0.15, 0.2) is 36.7 Å². The van der Waals surface area contributed by atoms with Gasteiger partial charge in [0.25, 0.3) is 0 Å². The summed E-state index contributed by atoms with van der Waals surface area (Å²) >= 11 is 6.07. The molecule has 1 aliphatic rings. The van der Waals surface area contributed by atoms with Crippen molar-refractivity contribution in [3.8, 4) is 5.69 Å². The van der Waals surface area contributed by atoms with Gasteiger partial charge in [-0.2, -0.15) is 0 Å². The highest BCUT2D eigenvalue weighted by Crippen LogP contribution is 2.21. The highest BCUT2D eigenvalue weighted by molar-refractivity contribution is 6.30. The number of carbonyl (C=O) groups is 1. The molecule has 0 bridgehead atoms. The van der Waals surface area contributed by atoms with E-state index in [4.69, 9.17) is 17.3 Å². The van der Waals surface area contributed by atoms with Crippen molar-refractivity contribution < 1.29 is 4.79 Å². The predicted octanol–water partition coefficient (Wildman–Crippen LogP) is 1.13. The number of halogens is 1. The van der Waals surface area contributed by atoms with Crippen LogP contribution in [-0.2, 0) is 4.79 Å².